The van der Waals surface area contributed by atoms with Gasteiger partial charge in [0.2, 0.25) is 0 Å². The zero-order chi connectivity index (χ0) is 43.4. The lowest BCUT2D eigenvalue weighted by atomic mass is 9.70. The first kappa shape index (κ1) is 41.8. The highest BCUT2D eigenvalue weighted by molar-refractivity contribution is 6.35. The van der Waals surface area contributed by atoms with E-state index < -0.39 is 0 Å². The molecule has 2 heteroatoms. The number of fused-ring (bicyclic) bond motifs is 4. The van der Waals surface area contributed by atoms with Crippen molar-refractivity contribution in [1.82, 2.24) is 0 Å². The maximum absolute atomic E-state index is 6.97. The number of furan rings is 1. The van der Waals surface area contributed by atoms with Crippen LogP contribution in [0.4, 0.5) is 0 Å². The summed E-state index contributed by atoms with van der Waals surface area (Å²) in [5, 5.41) is 9.96. The average Bonchev–Trinajstić information content (AvgIpc) is 3.52. The van der Waals surface area contributed by atoms with E-state index in [9.17, 15) is 0 Å². The van der Waals surface area contributed by atoms with Crippen molar-refractivity contribution in [2.75, 3.05) is 0 Å². The van der Waals surface area contributed by atoms with Crippen molar-refractivity contribution >= 4 is 60.0 Å². The van der Waals surface area contributed by atoms with Crippen molar-refractivity contribution in [3.05, 3.63) is 118 Å². The summed E-state index contributed by atoms with van der Waals surface area (Å²) < 4.78 is 6.97. The average molecular weight is 794 g/mol. The second kappa shape index (κ2) is 14.6. The number of hydrogen-bond donors (Lipinski definition) is 0. The van der Waals surface area contributed by atoms with E-state index in [1.54, 1.807) is 0 Å². The van der Waals surface area contributed by atoms with Gasteiger partial charge in [-0.1, -0.05) is 128 Å². The molecular formula is C58H67NO. The Labute approximate surface area is 359 Å². The fourth-order valence-corrected chi connectivity index (χ4v) is 10.3. The SMILES string of the molecule is CC(=NC(c1ccc2c(-c3c(C)cc(C)cc3C)cc3c4oc5ccccc5c4cc4c(-c5c(C)cc(C)cc5C)cc1c2c43)C(C)(C)CCC(C)C(C)(C)C)C(C)(C)C. The van der Waals surface area contributed by atoms with Gasteiger partial charge in [0.05, 0.1) is 6.04 Å². The van der Waals surface area contributed by atoms with Gasteiger partial charge in [0.25, 0.3) is 0 Å². The molecule has 8 rings (SSSR count). The van der Waals surface area contributed by atoms with Crippen LogP contribution in [0, 0.1) is 63.7 Å². The monoisotopic (exact) mass is 794 g/mol. The first-order valence-corrected chi connectivity index (χ1v) is 22.4. The Balaban J connectivity index is 1.59. The lowest BCUT2D eigenvalue weighted by Crippen LogP contribution is -2.27. The van der Waals surface area contributed by atoms with Crippen molar-refractivity contribution < 1.29 is 4.42 Å². The van der Waals surface area contributed by atoms with Crippen LogP contribution < -0.4 is 0 Å². The van der Waals surface area contributed by atoms with Crippen molar-refractivity contribution in [2.45, 2.75) is 130 Å². The summed E-state index contributed by atoms with van der Waals surface area (Å²) in [5.74, 6) is 0.584. The van der Waals surface area contributed by atoms with Gasteiger partial charge < -0.3 is 4.42 Å². The van der Waals surface area contributed by atoms with E-state index in [1.165, 1.54) is 105 Å². The topological polar surface area (TPSA) is 25.5 Å². The minimum atomic E-state index is -0.121. The van der Waals surface area contributed by atoms with Crippen molar-refractivity contribution in [1.29, 1.82) is 0 Å². The molecule has 0 radical (unpaired) electrons. The third-order valence-corrected chi connectivity index (χ3v) is 14.4. The van der Waals surface area contributed by atoms with Crippen molar-refractivity contribution in [3.8, 4) is 22.3 Å². The highest BCUT2D eigenvalue weighted by Crippen LogP contribution is 2.53. The molecule has 0 saturated carbocycles. The van der Waals surface area contributed by atoms with Gasteiger partial charge in [-0.05, 0) is 179 Å². The zero-order valence-electron chi connectivity index (χ0n) is 39.4. The lowest BCUT2D eigenvalue weighted by Gasteiger charge is -2.37. The number of para-hydroxylation sites is 1. The van der Waals surface area contributed by atoms with Crippen LogP contribution >= 0.6 is 0 Å². The van der Waals surface area contributed by atoms with Gasteiger partial charge >= 0.3 is 0 Å². The molecule has 1 heterocycles. The summed E-state index contributed by atoms with van der Waals surface area (Å²) in [7, 11) is 0. The Morgan fingerprint density at radius 3 is 1.68 bits per heavy atom. The van der Waals surface area contributed by atoms with E-state index in [-0.39, 0.29) is 22.3 Å². The largest absolute Gasteiger partial charge is 0.455 e. The molecule has 60 heavy (non-hydrogen) atoms. The predicted molar refractivity (Wildman–Crippen MR) is 264 cm³/mol. The molecule has 8 aromatic rings. The molecular weight excluding hydrogens is 727 g/mol. The molecule has 0 aliphatic heterocycles. The van der Waals surface area contributed by atoms with Crippen molar-refractivity contribution in [2.24, 2.45) is 27.2 Å². The molecule has 0 spiro atoms. The van der Waals surface area contributed by atoms with Crippen LogP contribution in [0.5, 0.6) is 0 Å². The third-order valence-electron chi connectivity index (χ3n) is 14.4. The van der Waals surface area contributed by atoms with Crippen LogP contribution in [0.1, 0.15) is 127 Å². The highest BCUT2D eigenvalue weighted by atomic mass is 16.3. The van der Waals surface area contributed by atoms with Gasteiger partial charge in [-0.3, -0.25) is 4.99 Å². The third kappa shape index (κ3) is 7.02. The van der Waals surface area contributed by atoms with Gasteiger partial charge in [-0.15, -0.1) is 0 Å². The normalized spacial score (nSPS) is 14.4. The summed E-state index contributed by atoms with van der Waals surface area (Å²) in [5.41, 5.74) is 17.4. The molecule has 0 bridgehead atoms. The smallest absolute Gasteiger partial charge is 0.143 e. The number of rotatable bonds is 8. The Morgan fingerprint density at radius 2 is 1.12 bits per heavy atom. The molecule has 0 N–H and O–H groups in total. The van der Waals surface area contributed by atoms with E-state index in [0.29, 0.717) is 5.92 Å². The second-order valence-corrected chi connectivity index (χ2v) is 21.5. The Hall–Kier alpha value is -4.95. The fraction of sp³-hybridized carbons (Fsp3) is 0.397. The summed E-state index contributed by atoms with van der Waals surface area (Å²) >= 11 is 0. The van der Waals surface area contributed by atoms with E-state index in [1.807, 2.05) is 0 Å². The number of hydrogen-bond acceptors (Lipinski definition) is 2. The van der Waals surface area contributed by atoms with Crippen LogP contribution in [-0.4, -0.2) is 5.71 Å². The number of aliphatic imine (C=N–C) groups is 1. The van der Waals surface area contributed by atoms with Crippen LogP contribution in [-0.2, 0) is 0 Å². The Bertz CT molecular complexity index is 2960. The summed E-state index contributed by atoms with van der Waals surface area (Å²) in [6.45, 7) is 37.3. The fourth-order valence-electron chi connectivity index (χ4n) is 10.3. The van der Waals surface area contributed by atoms with Gasteiger partial charge in [0.1, 0.15) is 11.2 Å². The second-order valence-electron chi connectivity index (χ2n) is 21.5. The van der Waals surface area contributed by atoms with E-state index in [4.69, 9.17) is 9.41 Å². The van der Waals surface area contributed by atoms with E-state index in [0.717, 1.165) is 29.4 Å². The van der Waals surface area contributed by atoms with Crippen LogP contribution in [0.3, 0.4) is 0 Å². The lowest BCUT2D eigenvalue weighted by molar-refractivity contribution is 0.187. The van der Waals surface area contributed by atoms with E-state index >= 15 is 0 Å². The highest BCUT2D eigenvalue weighted by Gasteiger charge is 2.36. The predicted octanol–water partition coefficient (Wildman–Crippen LogP) is 17.7. The molecule has 2 nitrogen and oxygen atoms in total. The molecule has 310 valence electrons. The molecule has 0 saturated heterocycles. The van der Waals surface area contributed by atoms with Gasteiger partial charge in [-0.2, -0.15) is 0 Å². The van der Waals surface area contributed by atoms with Crippen molar-refractivity contribution in [3.63, 3.8) is 0 Å². The van der Waals surface area contributed by atoms with Crippen LogP contribution in [0.2, 0.25) is 0 Å². The van der Waals surface area contributed by atoms with Crippen LogP contribution in [0.25, 0.3) is 76.5 Å². The summed E-state index contributed by atoms with van der Waals surface area (Å²) in [4.78, 5) is 5.86. The van der Waals surface area contributed by atoms with Gasteiger partial charge in [-0.25, -0.2) is 0 Å². The quantitative estimate of drug-likeness (QED) is 0.111. The first-order valence-electron chi connectivity index (χ1n) is 22.4. The van der Waals surface area contributed by atoms with Gasteiger partial charge in [0.15, 0.2) is 0 Å². The molecule has 0 aliphatic rings. The number of nitrogens with zero attached hydrogens (tertiary/aromatic N) is 1. The molecule has 0 amide bonds. The Morgan fingerprint density at radius 1 is 0.583 bits per heavy atom. The van der Waals surface area contributed by atoms with Gasteiger partial charge in [0, 0.05) is 27.3 Å². The molecule has 7 aromatic carbocycles. The van der Waals surface area contributed by atoms with Crippen LogP contribution in [0.15, 0.2) is 88.3 Å². The molecule has 0 aliphatic carbocycles. The number of aryl methyl sites for hydroxylation is 6. The summed E-state index contributed by atoms with van der Waals surface area (Å²) in [6, 6.07) is 30.3. The zero-order valence-corrected chi connectivity index (χ0v) is 39.4. The molecule has 2 atom stereocenters. The standard InChI is InChI=1S/C58H67NO/c1-32-25-34(3)50(35(4)26-32)43-31-48-53-46(30-47-40-19-17-18-20-49(40)60-54(47)48)45(51-36(5)27-33(2)28-37(51)6)29-44-42(22-21-41(43)52(44)53)55(59-39(8)57(12,13)14)58(15,16)24-23-38(7)56(9,10)11/h17-22,25-31,38,55H,23-24H2,1-16H3. The number of benzene rings is 7. The summed E-state index contributed by atoms with van der Waals surface area (Å²) in [6.07, 6.45) is 2.23. The molecule has 2 unspecified atom stereocenters. The maximum atomic E-state index is 6.97. The Kier molecular flexibility index (Phi) is 10.2. The first-order chi connectivity index (χ1) is 28.1. The minimum Gasteiger partial charge on any atom is -0.455 e. The molecule has 1 aromatic heterocycles. The van der Waals surface area contributed by atoms with E-state index in [2.05, 4.69) is 190 Å². The minimum absolute atomic E-state index is 0.0564. The maximum Gasteiger partial charge on any atom is 0.143 e. The molecule has 0 fully saturated rings.